The van der Waals surface area contributed by atoms with Gasteiger partial charge >= 0.3 is 0 Å². The summed E-state index contributed by atoms with van der Waals surface area (Å²) in [5, 5.41) is 3.51. The largest absolute Gasteiger partial charge is 0.342 e. The van der Waals surface area contributed by atoms with Crippen LogP contribution in [0.4, 0.5) is 5.69 Å². The van der Waals surface area contributed by atoms with E-state index < -0.39 is 0 Å². The Kier molecular flexibility index (Phi) is 4.65. The molecule has 108 valence electrons. The molecule has 1 aliphatic heterocycles. The molecule has 1 fully saturated rings. The molecule has 2 amide bonds. The van der Waals surface area contributed by atoms with Gasteiger partial charge in [-0.2, -0.15) is 0 Å². The molecule has 5 heteroatoms. The van der Waals surface area contributed by atoms with Crippen molar-refractivity contribution in [3.05, 3.63) is 28.8 Å². The molecule has 4 nitrogen and oxygen atoms in total. The first kappa shape index (κ1) is 14.9. The quantitative estimate of drug-likeness (QED) is 0.912. The maximum absolute atomic E-state index is 12.2. The number of carbonyl (C=O) groups excluding carboxylic acids is 2. The molecule has 1 aromatic rings. The molecule has 1 unspecified atom stereocenters. The van der Waals surface area contributed by atoms with Crippen molar-refractivity contribution >= 4 is 29.1 Å². The van der Waals surface area contributed by atoms with Crippen LogP contribution in [-0.2, 0) is 9.59 Å². The van der Waals surface area contributed by atoms with Gasteiger partial charge in [0, 0.05) is 30.7 Å². The van der Waals surface area contributed by atoms with Crippen LogP contribution in [-0.4, -0.2) is 29.8 Å². The van der Waals surface area contributed by atoms with Crippen molar-refractivity contribution < 1.29 is 9.59 Å². The van der Waals surface area contributed by atoms with Gasteiger partial charge in [0.25, 0.3) is 0 Å². The fraction of sp³-hybridized carbons (Fsp3) is 0.467. The number of nitrogens with one attached hydrogen (secondary N) is 1. The van der Waals surface area contributed by atoms with Crippen molar-refractivity contribution in [3.8, 4) is 0 Å². The number of likely N-dealkylation sites (tertiary alicyclic amines) is 1. The number of amides is 2. The Balaban J connectivity index is 2.00. The zero-order valence-electron chi connectivity index (χ0n) is 11.8. The van der Waals surface area contributed by atoms with Gasteiger partial charge in [0.1, 0.15) is 0 Å². The van der Waals surface area contributed by atoms with Gasteiger partial charge in [0.15, 0.2) is 0 Å². The van der Waals surface area contributed by atoms with E-state index in [-0.39, 0.29) is 17.7 Å². The van der Waals surface area contributed by atoms with Gasteiger partial charge in [-0.1, -0.05) is 17.7 Å². The summed E-state index contributed by atoms with van der Waals surface area (Å²) in [6, 6.07) is 5.46. The fourth-order valence-corrected chi connectivity index (χ4v) is 2.57. The third kappa shape index (κ3) is 3.51. The summed E-state index contributed by atoms with van der Waals surface area (Å²) >= 11 is 6.04. The molecule has 0 saturated carbocycles. The molecule has 0 radical (unpaired) electrons. The number of aryl methyl sites for hydroxylation is 1. The van der Waals surface area contributed by atoms with Crippen molar-refractivity contribution in [1.82, 2.24) is 4.90 Å². The molecule has 20 heavy (non-hydrogen) atoms. The minimum absolute atomic E-state index is 0.0286. The third-order valence-electron chi connectivity index (χ3n) is 3.68. The molecule has 1 aromatic carbocycles. The van der Waals surface area contributed by atoms with Gasteiger partial charge in [-0.05, 0) is 37.5 Å². The van der Waals surface area contributed by atoms with E-state index >= 15 is 0 Å². The van der Waals surface area contributed by atoms with Gasteiger partial charge in [0.2, 0.25) is 11.8 Å². The van der Waals surface area contributed by atoms with E-state index in [1.807, 2.05) is 19.1 Å². The minimum Gasteiger partial charge on any atom is -0.342 e. The average molecular weight is 295 g/mol. The monoisotopic (exact) mass is 294 g/mol. The van der Waals surface area contributed by atoms with E-state index in [0.29, 0.717) is 17.3 Å². The Hall–Kier alpha value is -1.55. The minimum atomic E-state index is -0.146. The van der Waals surface area contributed by atoms with Crippen LogP contribution >= 0.6 is 11.6 Å². The van der Waals surface area contributed by atoms with E-state index in [0.717, 1.165) is 24.9 Å². The van der Waals surface area contributed by atoms with E-state index in [9.17, 15) is 9.59 Å². The molecular weight excluding hydrogens is 276 g/mol. The van der Waals surface area contributed by atoms with E-state index in [4.69, 9.17) is 11.6 Å². The van der Waals surface area contributed by atoms with Crippen LogP contribution in [0.2, 0.25) is 5.02 Å². The first-order valence-corrected chi connectivity index (χ1v) is 7.17. The lowest BCUT2D eigenvalue weighted by molar-refractivity contribution is -0.132. The van der Waals surface area contributed by atoms with Crippen molar-refractivity contribution in [1.29, 1.82) is 0 Å². The number of halogens is 1. The molecule has 1 atom stereocenters. The van der Waals surface area contributed by atoms with Crippen LogP contribution in [0, 0.1) is 12.8 Å². The summed E-state index contributed by atoms with van der Waals surface area (Å²) < 4.78 is 0. The van der Waals surface area contributed by atoms with Crippen molar-refractivity contribution in [2.45, 2.75) is 26.7 Å². The maximum atomic E-state index is 12.2. The number of anilines is 1. The molecule has 0 bridgehead atoms. The second kappa shape index (κ2) is 6.27. The lowest BCUT2D eigenvalue weighted by Crippen LogP contribution is -2.42. The topological polar surface area (TPSA) is 49.4 Å². The molecule has 1 N–H and O–H groups in total. The van der Waals surface area contributed by atoms with Gasteiger partial charge in [-0.3, -0.25) is 9.59 Å². The van der Waals surface area contributed by atoms with Crippen LogP contribution in [0.1, 0.15) is 25.3 Å². The van der Waals surface area contributed by atoms with Crippen LogP contribution < -0.4 is 5.32 Å². The van der Waals surface area contributed by atoms with E-state index in [1.165, 1.54) is 0 Å². The predicted molar refractivity (Wildman–Crippen MR) is 79.8 cm³/mol. The second-order valence-electron chi connectivity index (χ2n) is 5.26. The van der Waals surface area contributed by atoms with E-state index in [1.54, 1.807) is 17.9 Å². The van der Waals surface area contributed by atoms with Crippen LogP contribution in [0.3, 0.4) is 0 Å². The van der Waals surface area contributed by atoms with Crippen molar-refractivity contribution in [3.63, 3.8) is 0 Å². The summed E-state index contributed by atoms with van der Waals surface area (Å²) in [6.45, 7) is 4.70. The molecule has 1 heterocycles. The Labute approximate surface area is 124 Å². The molecule has 1 aliphatic rings. The zero-order chi connectivity index (χ0) is 14.7. The number of piperidine rings is 1. The highest BCUT2D eigenvalue weighted by Crippen LogP contribution is 2.22. The number of hydrogen-bond donors (Lipinski definition) is 1. The molecule has 0 spiro atoms. The van der Waals surface area contributed by atoms with Crippen LogP contribution in [0.25, 0.3) is 0 Å². The smallest absolute Gasteiger partial charge is 0.229 e. The first-order chi connectivity index (χ1) is 9.47. The molecule has 1 saturated heterocycles. The summed E-state index contributed by atoms with van der Waals surface area (Å²) in [7, 11) is 0. The summed E-state index contributed by atoms with van der Waals surface area (Å²) in [5.41, 5.74) is 1.68. The second-order valence-corrected chi connectivity index (χ2v) is 5.66. The highest BCUT2D eigenvalue weighted by Gasteiger charge is 2.27. The lowest BCUT2D eigenvalue weighted by Gasteiger charge is -2.31. The lowest BCUT2D eigenvalue weighted by atomic mass is 9.97. The number of benzene rings is 1. The maximum Gasteiger partial charge on any atom is 0.229 e. The standard InChI is InChI=1S/C15H19ClN2O2/c1-10-5-6-13(8-14(10)16)17-15(20)12-4-3-7-18(9-12)11(2)19/h5-6,8,12H,3-4,7,9H2,1-2H3,(H,17,20). The number of rotatable bonds is 2. The predicted octanol–water partition coefficient (Wildman–Crippen LogP) is 2.85. The Morgan fingerprint density at radius 2 is 2.15 bits per heavy atom. The highest BCUT2D eigenvalue weighted by atomic mass is 35.5. The Morgan fingerprint density at radius 3 is 2.80 bits per heavy atom. The number of nitrogens with zero attached hydrogens (tertiary/aromatic N) is 1. The average Bonchev–Trinajstić information content (AvgIpc) is 2.43. The third-order valence-corrected chi connectivity index (χ3v) is 4.08. The van der Waals surface area contributed by atoms with E-state index in [2.05, 4.69) is 5.32 Å². The Bertz CT molecular complexity index is 531. The Morgan fingerprint density at radius 1 is 1.40 bits per heavy atom. The molecule has 0 aromatic heterocycles. The number of hydrogen-bond acceptors (Lipinski definition) is 2. The first-order valence-electron chi connectivity index (χ1n) is 6.80. The summed E-state index contributed by atoms with van der Waals surface area (Å²) in [6.07, 6.45) is 1.68. The zero-order valence-corrected chi connectivity index (χ0v) is 12.5. The van der Waals surface area contributed by atoms with Crippen molar-refractivity contribution in [2.75, 3.05) is 18.4 Å². The number of carbonyl (C=O) groups is 2. The highest BCUT2D eigenvalue weighted by molar-refractivity contribution is 6.31. The van der Waals surface area contributed by atoms with Crippen LogP contribution in [0.15, 0.2) is 18.2 Å². The molecule has 0 aliphatic carbocycles. The fourth-order valence-electron chi connectivity index (χ4n) is 2.39. The van der Waals surface area contributed by atoms with Gasteiger partial charge < -0.3 is 10.2 Å². The SMILES string of the molecule is CC(=O)N1CCCC(C(=O)Nc2ccc(C)c(Cl)c2)C1. The van der Waals surface area contributed by atoms with Gasteiger partial charge in [-0.15, -0.1) is 0 Å². The van der Waals surface area contributed by atoms with Crippen molar-refractivity contribution in [2.24, 2.45) is 5.92 Å². The normalized spacial score (nSPS) is 18.8. The van der Waals surface area contributed by atoms with Crippen LogP contribution in [0.5, 0.6) is 0 Å². The summed E-state index contributed by atoms with van der Waals surface area (Å²) in [5.74, 6) is -0.163. The summed E-state index contributed by atoms with van der Waals surface area (Å²) in [4.78, 5) is 25.4. The molecular formula is C15H19ClN2O2. The van der Waals surface area contributed by atoms with Gasteiger partial charge in [0.05, 0.1) is 5.92 Å². The van der Waals surface area contributed by atoms with Gasteiger partial charge in [-0.25, -0.2) is 0 Å². The molecule has 2 rings (SSSR count).